The fourth-order valence-corrected chi connectivity index (χ4v) is 3.48. The van der Waals surface area contributed by atoms with Crippen molar-refractivity contribution < 1.29 is 14.3 Å². The Balaban J connectivity index is 1.63. The van der Waals surface area contributed by atoms with Crippen molar-refractivity contribution in [3.63, 3.8) is 0 Å². The molecule has 3 rings (SSSR count). The number of benzene rings is 1. The summed E-state index contributed by atoms with van der Waals surface area (Å²) in [7, 11) is 0. The van der Waals surface area contributed by atoms with Gasteiger partial charge in [-0.05, 0) is 36.5 Å². The number of ether oxygens (including phenoxy) is 2. The Bertz CT molecular complexity index is 531. The first kappa shape index (κ1) is 16.9. The summed E-state index contributed by atoms with van der Waals surface area (Å²) in [6.45, 7) is 3.14. The second-order valence-corrected chi connectivity index (χ2v) is 7.09. The van der Waals surface area contributed by atoms with E-state index in [1.165, 1.54) is 0 Å². The van der Waals surface area contributed by atoms with Gasteiger partial charge in [0.2, 0.25) is 5.91 Å². The summed E-state index contributed by atoms with van der Waals surface area (Å²) >= 11 is 3.44. The number of morpholine rings is 1. The van der Waals surface area contributed by atoms with Crippen LogP contribution in [0.5, 0.6) is 0 Å². The molecular formula is C17H23BrN2O3. The molecule has 1 aromatic carbocycles. The molecule has 0 saturated carbocycles. The van der Waals surface area contributed by atoms with Gasteiger partial charge in [-0.2, -0.15) is 0 Å². The van der Waals surface area contributed by atoms with E-state index in [-0.39, 0.29) is 17.9 Å². The summed E-state index contributed by atoms with van der Waals surface area (Å²) in [6.07, 6.45) is 1.66. The molecule has 2 aliphatic rings. The lowest BCUT2D eigenvalue weighted by atomic mass is 9.91. The Morgan fingerprint density at radius 2 is 1.91 bits per heavy atom. The fourth-order valence-electron chi connectivity index (χ4n) is 3.22. The van der Waals surface area contributed by atoms with Gasteiger partial charge in [0.1, 0.15) is 6.10 Å². The van der Waals surface area contributed by atoms with Gasteiger partial charge in [-0.25, -0.2) is 0 Å². The Labute approximate surface area is 145 Å². The SMILES string of the molecule is NC(C(=O)N1CCOC(c2ccc(Br)cc2)C1)C1CCOCC1. The maximum Gasteiger partial charge on any atom is 0.239 e. The van der Waals surface area contributed by atoms with Crippen molar-refractivity contribution >= 4 is 21.8 Å². The number of halogens is 1. The van der Waals surface area contributed by atoms with E-state index in [1.807, 2.05) is 29.2 Å². The molecule has 0 aromatic heterocycles. The largest absolute Gasteiger partial charge is 0.381 e. The molecule has 2 N–H and O–H groups in total. The first-order valence-electron chi connectivity index (χ1n) is 8.14. The van der Waals surface area contributed by atoms with Gasteiger partial charge < -0.3 is 20.1 Å². The van der Waals surface area contributed by atoms with E-state index in [9.17, 15) is 4.79 Å². The topological polar surface area (TPSA) is 64.8 Å². The van der Waals surface area contributed by atoms with Gasteiger partial charge in [0, 0.05) is 24.2 Å². The summed E-state index contributed by atoms with van der Waals surface area (Å²) in [5.41, 5.74) is 7.32. The van der Waals surface area contributed by atoms with Crippen LogP contribution in [-0.2, 0) is 14.3 Å². The molecule has 2 saturated heterocycles. The lowest BCUT2D eigenvalue weighted by molar-refractivity contribution is -0.142. The van der Waals surface area contributed by atoms with Crippen LogP contribution in [0.1, 0.15) is 24.5 Å². The number of carbonyl (C=O) groups is 1. The number of nitrogens with two attached hydrogens (primary N) is 1. The van der Waals surface area contributed by atoms with Crippen LogP contribution < -0.4 is 5.73 Å². The van der Waals surface area contributed by atoms with Gasteiger partial charge in [-0.1, -0.05) is 28.1 Å². The molecule has 0 aliphatic carbocycles. The highest BCUT2D eigenvalue weighted by Crippen LogP contribution is 2.25. The van der Waals surface area contributed by atoms with Crippen LogP contribution in [0.2, 0.25) is 0 Å². The van der Waals surface area contributed by atoms with E-state index in [4.69, 9.17) is 15.2 Å². The monoisotopic (exact) mass is 382 g/mol. The van der Waals surface area contributed by atoms with E-state index in [0.29, 0.717) is 32.9 Å². The third-order valence-corrected chi connectivity index (χ3v) is 5.21. The molecule has 0 spiro atoms. The van der Waals surface area contributed by atoms with Crippen molar-refractivity contribution in [1.82, 2.24) is 4.90 Å². The smallest absolute Gasteiger partial charge is 0.239 e. The highest BCUT2D eigenvalue weighted by Gasteiger charge is 2.33. The molecule has 2 fully saturated rings. The minimum atomic E-state index is -0.428. The zero-order valence-electron chi connectivity index (χ0n) is 13.1. The molecule has 5 nitrogen and oxygen atoms in total. The van der Waals surface area contributed by atoms with Crippen molar-refractivity contribution in [1.29, 1.82) is 0 Å². The molecule has 0 radical (unpaired) electrons. The van der Waals surface area contributed by atoms with Crippen molar-refractivity contribution in [3.05, 3.63) is 34.3 Å². The minimum absolute atomic E-state index is 0.0438. The third-order valence-electron chi connectivity index (χ3n) is 4.68. The van der Waals surface area contributed by atoms with E-state index in [2.05, 4.69) is 15.9 Å². The molecule has 2 heterocycles. The van der Waals surface area contributed by atoms with Gasteiger partial charge in [0.05, 0.1) is 19.2 Å². The predicted molar refractivity (Wildman–Crippen MR) is 90.9 cm³/mol. The van der Waals surface area contributed by atoms with Crippen LogP contribution in [0.25, 0.3) is 0 Å². The maximum absolute atomic E-state index is 12.7. The average molecular weight is 383 g/mol. The fraction of sp³-hybridized carbons (Fsp3) is 0.588. The Hall–Kier alpha value is -0.950. The molecule has 0 bridgehead atoms. The van der Waals surface area contributed by atoms with Gasteiger partial charge in [0.15, 0.2) is 0 Å². The summed E-state index contributed by atoms with van der Waals surface area (Å²) in [5, 5.41) is 0. The number of hydrogen-bond acceptors (Lipinski definition) is 4. The summed E-state index contributed by atoms with van der Waals surface area (Å²) in [5.74, 6) is 0.271. The lowest BCUT2D eigenvalue weighted by Crippen LogP contribution is -2.52. The second-order valence-electron chi connectivity index (χ2n) is 6.17. The molecule has 1 aromatic rings. The number of hydrogen-bond donors (Lipinski definition) is 1. The molecule has 1 amide bonds. The van der Waals surface area contributed by atoms with Gasteiger partial charge in [-0.15, -0.1) is 0 Å². The first-order valence-corrected chi connectivity index (χ1v) is 8.93. The van der Waals surface area contributed by atoms with Crippen molar-refractivity contribution in [2.75, 3.05) is 32.9 Å². The van der Waals surface area contributed by atoms with Crippen LogP contribution in [0.3, 0.4) is 0 Å². The molecule has 6 heteroatoms. The minimum Gasteiger partial charge on any atom is -0.381 e. The lowest BCUT2D eigenvalue weighted by Gasteiger charge is -2.36. The highest BCUT2D eigenvalue weighted by atomic mass is 79.9. The van der Waals surface area contributed by atoms with E-state index in [0.717, 1.165) is 22.9 Å². The maximum atomic E-state index is 12.7. The number of amides is 1. The van der Waals surface area contributed by atoms with E-state index >= 15 is 0 Å². The van der Waals surface area contributed by atoms with Crippen LogP contribution in [0.15, 0.2) is 28.7 Å². The Morgan fingerprint density at radius 1 is 1.22 bits per heavy atom. The Morgan fingerprint density at radius 3 is 2.61 bits per heavy atom. The standard InChI is InChI=1S/C17H23BrN2O3/c18-14-3-1-12(2-4-14)15-11-20(7-10-23-15)17(21)16(19)13-5-8-22-9-6-13/h1-4,13,15-16H,5-11,19H2. The first-order chi connectivity index (χ1) is 11.1. The number of rotatable bonds is 3. The van der Waals surface area contributed by atoms with Crippen LogP contribution >= 0.6 is 15.9 Å². The predicted octanol–water partition coefficient (Wildman–Crippen LogP) is 2.10. The average Bonchev–Trinajstić information content (AvgIpc) is 2.62. The van der Waals surface area contributed by atoms with Crippen molar-refractivity contribution in [2.45, 2.75) is 25.0 Å². The van der Waals surface area contributed by atoms with E-state index in [1.54, 1.807) is 0 Å². The number of nitrogens with zero attached hydrogens (tertiary/aromatic N) is 1. The molecule has 2 atom stereocenters. The molecular weight excluding hydrogens is 360 g/mol. The Kier molecular flexibility index (Phi) is 5.69. The molecule has 126 valence electrons. The third kappa shape index (κ3) is 4.12. The van der Waals surface area contributed by atoms with Gasteiger partial charge in [0.25, 0.3) is 0 Å². The summed E-state index contributed by atoms with van der Waals surface area (Å²) in [4.78, 5) is 14.6. The van der Waals surface area contributed by atoms with Gasteiger partial charge >= 0.3 is 0 Å². The zero-order valence-corrected chi connectivity index (χ0v) is 14.7. The summed E-state index contributed by atoms with van der Waals surface area (Å²) < 4.78 is 12.2. The normalized spacial score (nSPS) is 24.4. The van der Waals surface area contributed by atoms with Crippen molar-refractivity contribution in [3.8, 4) is 0 Å². The van der Waals surface area contributed by atoms with Gasteiger partial charge in [-0.3, -0.25) is 4.79 Å². The van der Waals surface area contributed by atoms with Crippen molar-refractivity contribution in [2.24, 2.45) is 11.7 Å². The zero-order chi connectivity index (χ0) is 16.2. The summed E-state index contributed by atoms with van der Waals surface area (Å²) in [6, 6.07) is 7.62. The van der Waals surface area contributed by atoms with Crippen LogP contribution in [-0.4, -0.2) is 49.8 Å². The van der Waals surface area contributed by atoms with Crippen LogP contribution in [0.4, 0.5) is 0 Å². The quantitative estimate of drug-likeness (QED) is 0.869. The van der Waals surface area contributed by atoms with E-state index < -0.39 is 6.04 Å². The number of carbonyl (C=O) groups excluding carboxylic acids is 1. The second kappa shape index (κ2) is 7.75. The highest BCUT2D eigenvalue weighted by molar-refractivity contribution is 9.10. The molecule has 2 aliphatic heterocycles. The molecule has 23 heavy (non-hydrogen) atoms. The molecule has 2 unspecified atom stereocenters. The van der Waals surface area contributed by atoms with Crippen LogP contribution in [0, 0.1) is 5.92 Å².